The van der Waals surface area contributed by atoms with Crippen LogP contribution in [-0.2, 0) is 0 Å². The summed E-state index contributed by atoms with van der Waals surface area (Å²) >= 11 is 0. The van der Waals surface area contributed by atoms with Crippen molar-refractivity contribution in [2.75, 3.05) is 5.32 Å². The lowest BCUT2D eigenvalue weighted by atomic mass is 10.1. The van der Waals surface area contributed by atoms with Gasteiger partial charge in [0.15, 0.2) is 11.6 Å². The lowest BCUT2D eigenvalue weighted by Gasteiger charge is -2.14. The van der Waals surface area contributed by atoms with Gasteiger partial charge in [-0.1, -0.05) is 0 Å². The molecule has 0 bridgehead atoms. The van der Waals surface area contributed by atoms with Crippen molar-refractivity contribution in [1.29, 1.82) is 5.26 Å². The predicted molar refractivity (Wildman–Crippen MR) is 64.7 cm³/mol. The van der Waals surface area contributed by atoms with Gasteiger partial charge in [-0.25, -0.2) is 17.6 Å². The number of nitriles is 1. The Morgan fingerprint density at radius 3 is 2.10 bits per heavy atom. The van der Waals surface area contributed by atoms with Gasteiger partial charge in [0, 0.05) is 17.3 Å². The van der Waals surface area contributed by atoms with E-state index in [1.807, 2.05) is 0 Å². The van der Waals surface area contributed by atoms with Crippen LogP contribution in [-0.4, -0.2) is 0 Å². The molecule has 0 aliphatic carbocycles. The van der Waals surface area contributed by atoms with Gasteiger partial charge in [0.2, 0.25) is 0 Å². The molecular weight excluding hydrogens is 272 g/mol. The van der Waals surface area contributed by atoms with Crippen LogP contribution in [0.5, 0.6) is 0 Å². The molecule has 0 heterocycles. The Labute approximate surface area is 112 Å². The fourth-order valence-corrected chi connectivity index (χ4v) is 1.65. The minimum Gasteiger partial charge on any atom is -0.366 e. The molecule has 2 rings (SSSR count). The second-order valence-electron chi connectivity index (χ2n) is 4.00. The summed E-state index contributed by atoms with van der Waals surface area (Å²) in [5, 5.41) is 11.6. The number of benzene rings is 2. The molecule has 102 valence electrons. The highest BCUT2D eigenvalue weighted by molar-refractivity contribution is 5.47. The first-order chi connectivity index (χ1) is 9.51. The molecule has 0 aromatic heterocycles. The van der Waals surface area contributed by atoms with Gasteiger partial charge in [-0.15, -0.1) is 0 Å². The Hall–Kier alpha value is -2.55. The Balaban J connectivity index is 2.31. The summed E-state index contributed by atoms with van der Waals surface area (Å²) in [6, 6.07) is 6.50. The largest absolute Gasteiger partial charge is 0.366 e. The van der Waals surface area contributed by atoms with Crippen molar-refractivity contribution in [3.8, 4) is 6.07 Å². The van der Waals surface area contributed by atoms with Gasteiger partial charge in [-0.05, 0) is 30.3 Å². The zero-order valence-electron chi connectivity index (χ0n) is 10.0. The van der Waals surface area contributed by atoms with E-state index >= 15 is 0 Å². The van der Waals surface area contributed by atoms with E-state index in [2.05, 4.69) is 5.32 Å². The van der Waals surface area contributed by atoms with Crippen LogP contribution >= 0.6 is 0 Å². The second kappa shape index (κ2) is 5.61. The summed E-state index contributed by atoms with van der Waals surface area (Å²) in [6.07, 6.45) is 0. The summed E-state index contributed by atoms with van der Waals surface area (Å²) in [6.45, 7) is 0. The van der Waals surface area contributed by atoms with Crippen molar-refractivity contribution < 1.29 is 17.6 Å². The molecule has 0 fully saturated rings. The van der Waals surface area contributed by atoms with Gasteiger partial charge in [0.1, 0.15) is 17.7 Å². The van der Waals surface area contributed by atoms with Crippen molar-refractivity contribution >= 4 is 5.69 Å². The minimum absolute atomic E-state index is 0.323. The van der Waals surface area contributed by atoms with Crippen LogP contribution in [0, 0.1) is 34.6 Å². The van der Waals surface area contributed by atoms with E-state index in [4.69, 9.17) is 5.26 Å². The van der Waals surface area contributed by atoms with Gasteiger partial charge >= 0.3 is 0 Å². The maximum Gasteiger partial charge on any atom is 0.161 e. The number of rotatable bonds is 3. The van der Waals surface area contributed by atoms with Crippen LogP contribution in [0.1, 0.15) is 11.6 Å². The topological polar surface area (TPSA) is 35.8 Å². The van der Waals surface area contributed by atoms with Crippen molar-refractivity contribution in [3.05, 3.63) is 65.2 Å². The standard InChI is InChI=1S/C14H8F4N2/c15-8-1-3-9(4-2-8)20-14(7-19)10-5-12(17)13(18)6-11(10)16/h1-6,14,20H. The second-order valence-corrected chi connectivity index (χ2v) is 4.00. The molecule has 2 aromatic rings. The fraction of sp³-hybridized carbons (Fsp3) is 0.0714. The maximum atomic E-state index is 13.6. The Bertz CT molecular complexity index is 662. The molecular formula is C14H8F4N2. The number of nitrogens with one attached hydrogen (secondary N) is 1. The highest BCUT2D eigenvalue weighted by Gasteiger charge is 2.18. The normalized spacial score (nSPS) is 11.8. The Kier molecular flexibility index (Phi) is 3.89. The number of nitrogens with zero attached hydrogens (tertiary/aromatic N) is 1. The molecule has 1 atom stereocenters. The molecule has 0 amide bonds. The SMILES string of the molecule is N#CC(Nc1ccc(F)cc1)c1cc(F)c(F)cc1F. The van der Waals surface area contributed by atoms with E-state index < -0.39 is 29.3 Å². The lowest BCUT2D eigenvalue weighted by molar-refractivity contribution is 0.489. The van der Waals surface area contributed by atoms with Crippen LogP contribution in [0.25, 0.3) is 0 Å². The highest BCUT2D eigenvalue weighted by atomic mass is 19.2. The predicted octanol–water partition coefficient (Wildman–Crippen LogP) is 3.92. The zero-order valence-corrected chi connectivity index (χ0v) is 10.0. The molecule has 2 nitrogen and oxygen atoms in total. The molecule has 0 radical (unpaired) electrons. The molecule has 6 heteroatoms. The molecule has 0 spiro atoms. The first-order valence-corrected chi connectivity index (χ1v) is 5.57. The molecule has 2 aromatic carbocycles. The molecule has 1 unspecified atom stereocenters. The molecule has 0 saturated heterocycles. The summed E-state index contributed by atoms with van der Waals surface area (Å²) in [7, 11) is 0. The van der Waals surface area contributed by atoms with Gasteiger partial charge in [-0.3, -0.25) is 0 Å². The number of anilines is 1. The monoisotopic (exact) mass is 280 g/mol. The summed E-state index contributed by atoms with van der Waals surface area (Å²) in [5.41, 5.74) is 0.0257. The number of halogens is 4. The van der Waals surface area contributed by atoms with Crippen molar-refractivity contribution in [1.82, 2.24) is 0 Å². The first-order valence-electron chi connectivity index (χ1n) is 5.57. The van der Waals surface area contributed by atoms with Gasteiger partial charge in [0.25, 0.3) is 0 Å². The average Bonchev–Trinajstić information content (AvgIpc) is 2.43. The molecule has 1 N–H and O–H groups in total. The van der Waals surface area contributed by atoms with Crippen LogP contribution in [0.3, 0.4) is 0 Å². The van der Waals surface area contributed by atoms with Crippen molar-refractivity contribution in [2.24, 2.45) is 0 Å². The lowest BCUT2D eigenvalue weighted by Crippen LogP contribution is -2.11. The van der Waals surface area contributed by atoms with Crippen molar-refractivity contribution in [3.63, 3.8) is 0 Å². The van der Waals surface area contributed by atoms with E-state index in [0.717, 1.165) is 12.1 Å². The Morgan fingerprint density at radius 2 is 1.50 bits per heavy atom. The highest BCUT2D eigenvalue weighted by Crippen LogP contribution is 2.24. The maximum absolute atomic E-state index is 13.6. The van der Waals surface area contributed by atoms with E-state index in [9.17, 15) is 17.6 Å². The van der Waals surface area contributed by atoms with Crippen LogP contribution < -0.4 is 5.32 Å². The third-order valence-corrected chi connectivity index (χ3v) is 2.63. The van der Waals surface area contributed by atoms with Crippen LogP contribution in [0.2, 0.25) is 0 Å². The molecule has 0 saturated carbocycles. The number of hydrogen-bond donors (Lipinski definition) is 1. The third-order valence-electron chi connectivity index (χ3n) is 2.63. The first kappa shape index (κ1) is 13.9. The molecule has 20 heavy (non-hydrogen) atoms. The summed E-state index contributed by atoms with van der Waals surface area (Å²) in [4.78, 5) is 0. The number of hydrogen-bond acceptors (Lipinski definition) is 2. The minimum atomic E-state index is -1.33. The average molecular weight is 280 g/mol. The summed E-state index contributed by atoms with van der Waals surface area (Å²) in [5.74, 6) is -4.08. The Morgan fingerprint density at radius 1 is 0.900 bits per heavy atom. The van der Waals surface area contributed by atoms with E-state index in [0.29, 0.717) is 17.8 Å². The van der Waals surface area contributed by atoms with E-state index in [-0.39, 0.29) is 5.56 Å². The van der Waals surface area contributed by atoms with E-state index in [1.165, 1.54) is 12.1 Å². The molecule has 0 aliphatic heterocycles. The van der Waals surface area contributed by atoms with Gasteiger partial charge < -0.3 is 5.32 Å². The zero-order chi connectivity index (χ0) is 14.7. The fourth-order valence-electron chi connectivity index (χ4n) is 1.65. The van der Waals surface area contributed by atoms with Crippen molar-refractivity contribution in [2.45, 2.75) is 6.04 Å². The molecule has 0 aliphatic rings. The third kappa shape index (κ3) is 2.88. The smallest absolute Gasteiger partial charge is 0.161 e. The van der Waals surface area contributed by atoms with Crippen LogP contribution in [0.15, 0.2) is 36.4 Å². The van der Waals surface area contributed by atoms with Gasteiger partial charge in [0.05, 0.1) is 6.07 Å². The van der Waals surface area contributed by atoms with E-state index in [1.54, 1.807) is 6.07 Å². The summed E-state index contributed by atoms with van der Waals surface area (Å²) < 4.78 is 52.3. The quantitative estimate of drug-likeness (QED) is 0.683. The van der Waals surface area contributed by atoms with Gasteiger partial charge in [-0.2, -0.15) is 5.26 Å². The van der Waals surface area contributed by atoms with Crippen LogP contribution in [0.4, 0.5) is 23.2 Å².